The highest BCUT2D eigenvalue weighted by molar-refractivity contribution is 5.93. The highest BCUT2D eigenvalue weighted by Gasteiger charge is 2.42. The summed E-state index contributed by atoms with van der Waals surface area (Å²) in [6, 6.07) is 11.7. The topological polar surface area (TPSA) is 40.9 Å². The molecule has 2 nitrogen and oxygen atoms in total. The summed E-state index contributed by atoms with van der Waals surface area (Å²) in [4.78, 5) is 12.7. The van der Waals surface area contributed by atoms with Gasteiger partial charge in [0.2, 0.25) is 0 Å². The van der Waals surface area contributed by atoms with Gasteiger partial charge in [-0.25, -0.2) is 0 Å². The number of nitrogens with zero attached hydrogens (tertiary/aromatic N) is 1. The Hall–Kier alpha value is -1.62. The van der Waals surface area contributed by atoms with Crippen molar-refractivity contribution in [1.29, 1.82) is 5.26 Å². The van der Waals surface area contributed by atoms with E-state index >= 15 is 0 Å². The van der Waals surface area contributed by atoms with Gasteiger partial charge in [0.25, 0.3) is 0 Å². The van der Waals surface area contributed by atoms with Crippen LogP contribution >= 0.6 is 0 Å². The molecule has 18 heavy (non-hydrogen) atoms. The van der Waals surface area contributed by atoms with Crippen molar-refractivity contribution in [2.24, 2.45) is 5.41 Å². The van der Waals surface area contributed by atoms with Crippen molar-refractivity contribution in [2.45, 2.75) is 44.9 Å². The minimum Gasteiger partial charge on any atom is -0.297 e. The molecule has 0 saturated heterocycles. The van der Waals surface area contributed by atoms with Gasteiger partial charge in [0.05, 0.1) is 6.07 Å². The Kier molecular flexibility index (Phi) is 3.81. The van der Waals surface area contributed by atoms with Gasteiger partial charge in [-0.3, -0.25) is 4.79 Å². The molecule has 0 radical (unpaired) electrons. The standard InChI is InChI=1S/C16H19NO/c1-2-16(10-6-7-11-16)15(18)14(12-17)13-8-4-3-5-9-13/h3-5,8-9,14H,2,6-7,10-11H2,1H3. The monoisotopic (exact) mass is 241 g/mol. The van der Waals surface area contributed by atoms with Gasteiger partial charge in [-0.05, 0) is 24.8 Å². The summed E-state index contributed by atoms with van der Waals surface area (Å²) in [5, 5.41) is 9.35. The van der Waals surface area contributed by atoms with Crippen LogP contribution in [-0.2, 0) is 4.79 Å². The van der Waals surface area contributed by atoms with Gasteiger partial charge in [-0.1, -0.05) is 50.1 Å². The SMILES string of the molecule is CCC1(C(=O)C(C#N)c2ccccc2)CCCC1. The first kappa shape index (κ1) is 12.8. The number of carbonyl (C=O) groups is 1. The highest BCUT2D eigenvalue weighted by Crippen LogP contribution is 2.44. The van der Waals surface area contributed by atoms with E-state index in [-0.39, 0.29) is 11.2 Å². The first-order chi connectivity index (χ1) is 8.73. The zero-order valence-corrected chi connectivity index (χ0v) is 10.9. The Bertz CT molecular complexity index is 452. The lowest BCUT2D eigenvalue weighted by Gasteiger charge is -2.28. The van der Waals surface area contributed by atoms with Gasteiger partial charge >= 0.3 is 0 Å². The van der Waals surface area contributed by atoms with Crippen molar-refractivity contribution in [3.8, 4) is 6.07 Å². The molecule has 1 atom stereocenters. The second-order valence-electron chi connectivity index (χ2n) is 5.18. The lowest BCUT2D eigenvalue weighted by Crippen LogP contribution is -2.31. The predicted molar refractivity (Wildman–Crippen MR) is 71.0 cm³/mol. The molecule has 1 aromatic carbocycles. The lowest BCUT2D eigenvalue weighted by molar-refractivity contribution is -0.129. The second kappa shape index (κ2) is 5.35. The predicted octanol–water partition coefficient (Wildman–Crippen LogP) is 3.83. The molecule has 1 aliphatic rings. The summed E-state index contributed by atoms with van der Waals surface area (Å²) in [5.74, 6) is -0.458. The molecule has 1 unspecified atom stereocenters. The van der Waals surface area contributed by atoms with Crippen molar-refractivity contribution in [1.82, 2.24) is 0 Å². The fourth-order valence-electron chi connectivity index (χ4n) is 3.06. The number of carbonyl (C=O) groups excluding carboxylic acids is 1. The van der Waals surface area contributed by atoms with Crippen LogP contribution < -0.4 is 0 Å². The number of nitriles is 1. The van der Waals surface area contributed by atoms with E-state index in [1.54, 1.807) is 0 Å². The van der Waals surface area contributed by atoms with Gasteiger partial charge < -0.3 is 0 Å². The summed E-state index contributed by atoms with van der Waals surface area (Å²) in [5.41, 5.74) is 0.598. The second-order valence-corrected chi connectivity index (χ2v) is 5.18. The van der Waals surface area contributed by atoms with E-state index < -0.39 is 5.92 Å². The molecular weight excluding hydrogens is 222 g/mol. The number of benzene rings is 1. The Balaban J connectivity index is 2.29. The number of hydrogen-bond donors (Lipinski definition) is 0. The first-order valence-corrected chi connectivity index (χ1v) is 6.72. The summed E-state index contributed by atoms with van der Waals surface area (Å²) in [7, 11) is 0. The molecule has 0 bridgehead atoms. The molecule has 0 N–H and O–H groups in total. The number of Topliss-reactive ketones (excluding diaryl/α,β-unsaturated/α-hetero) is 1. The average molecular weight is 241 g/mol. The molecule has 0 spiro atoms. The number of rotatable bonds is 4. The third-order valence-electron chi connectivity index (χ3n) is 4.28. The van der Waals surface area contributed by atoms with Crippen molar-refractivity contribution >= 4 is 5.78 Å². The summed E-state index contributed by atoms with van der Waals surface area (Å²) < 4.78 is 0. The van der Waals surface area contributed by atoms with Crippen LogP contribution in [0.4, 0.5) is 0 Å². The molecule has 0 aliphatic heterocycles. The first-order valence-electron chi connectivity index (χ1n) is 6.72. The summed E-state index contributed by atoms with van der Waals surface area (Å²) in [6.45, 7) is 2.07. The third kappa shape index (κ3) is 2.18. The van der Waals surface area contributed by atoms with Crippen molar-refractivity contribution in [3.63, 3.8) is 0 Å². The maximum atomic E-state index is 12.7. The van der Waals surface area contributed by atoms with Gasteiger partial charge in [0.1, 0.15) is 5.92 Å². The van der Waals surface area contributed by atoms with E-state index in [2.05, 4.69) is 13.0 Å². The minimum absolute atomic E-state index is 0.135. The maximum Gasteiger partial charge on any atom is 0.160 e. The summed E-state index contributed by atoms with van der Waals surface area (Å²) in [6.07, 6.45) is 5.00. The van der Waals surface area contributed by atoms with Crippen LogP contribution in [0.5, 0.6) is 0 Å². The molecule has 1 saturated carbocycles. The number of hydrogen-bond acceptors (Lipinski definition) is 2. The zero-order valence-electron chi connectivity index (χ0n) is 10.9. The van der Waals surface area contributed by atoms with Crippen LogP contribution in [0.2, 0.25) is 0 Å². The lowest BCUT2D eigenvalue weighted by atomic mass is 9.73. The van der Waals surface area contributed by atoms with E-state index in [1.807, 2.05) is 30.3 Å². The quantitative estimate of drug-likeness (QED) is 0.803. The van der Waals surface area contributed by atoms with Gasteiger partial charge in [0, 0.05) is 5.41 Å². The molecule has 0 amide bonds. The normalized spacial score (nSPS) is 19.1. The summed E-state index contributed by atoms with van der Waals surface area (Å²) >= 11 is 0. The fourth-order valence-corrected chi connectivity index (χ4v) is 3.06. The van der Waals surface area contributed by atoms with Gasteiger partial charge in [-0.2, -0.15) is 5.26 Å². The molecule has 1 fully saturated rings. The van der Waals surface area contributed by atoms with Crippen LogP contribution in [0, 0.1) is 16.7 Å². The Labute approximate surface area is 109 Å². The Morgan fingerprint density at radius 1 is 1.33 bits per heavy atom. The van der Waals surface area contributed by atoms with Crippen LogP contribution in [-0.4, -0.2) is 5.78 Å². The maximum absolute atomic E-state index is 12.7. The molecule has 1 aromatic rings. The van der Waals surface area contributed by atoms with E-state index in [1.165, 1.54) is 0 Å². The zero-order chi connectivity index (χ0) is 13.0. The van der Waals surface area contributed by atoms with Crippen molar-refractivity contribution < 1.29 is 4.79 Å². The molecule has 1 aliphatic carbocycles. The van der Waals surface area contributed by atoms with Crippen LogP contribution in [0.1, 0.15) is 50.5 Å². The van der Waals surface area contributed by atoms with Crippen molar-refractivity contribution in [2.75, 3.05) is 0 Å². The molecular formula is C16H19NO. The van der Waals surface area contributed by atoms with E-state index in [9.17, 15) is 10.1 Å². The third-order valence-corrected chi connectivity index (χ3v) is 4.28. The van der Waals surface area contributed by atoms with Gasteiger partial charge in [0.15, 0.2) is 5.78 Å². The molecule has 0 aromatic heterocycles. The van der Waals surface area contributed by atoms with Gasteiger partial charge in [-0.15, -0.1) is 0 Å². The van der Waals surface area contributed by atoms with Crippen molar-refractivity contribution in [3.05, 3.63) is 35.9 Å². The van der Waals surface area contributed by atoms with Crippen LogP contribution in [0.3, 0.4) is 0 Å². The smallest absolute Gasteiger partial charge is 0.160 e. The molecule has 2 heteroatoms. The average Bonchev–Trinajstić information content (AvgIpc) is 2.91. The molecule has 94 valence electrons. The molecule has 2 rings (SSSR count). The van der Waals surface area contributed by atoms with E-state index in [4.69, 9.17) is 0 Å². The largest absolute Gasteiger partial charge is 0.297 e. The van der Waals surface area contributed by atoms with Crippen LogP contribution in [0.25, 0.3) is 0 Å². The fraction of sp³-hybridized carbons (Fsp3) is 0.500. The highest BCUT2D eigenvalue weighted by atomic mass is 16.1. The van der Waals surface area contributed by atoms with E-state index in [0.717, 1.165) is 37.7 Å². The minimum atomic E-state index is -0.593. The Morgan fingerprint density at radius 2 is 1.94 bits per heavy atom. The van der Waals surface area contributed by atoms with E-state index in [0.29, 0.717) is 0 Å². The van der Waals surface area contributed by atoms with Crippen LogP contribution in [0.15, 0.2) is 30.3 Å². The molecule has 0 heterocycles. The number of ketones is 1. The Morgan fingerprint density at radius 3 is 2.44 bits per heavy atom.